The number of fused-ring (bicyclic) bond motifs is 3. The van der Waals surface area contributed by atoms with Crippen LogP contribution in [0.2, 0.25) is 0 Å². The van der Waals surface area contributed by atoms with Crippen LogP contribution in [0.5, 0.6) is 11.5 Å². The number of benzene rings is 2. The van der Waals surface area contributed by atoms with Crippen molar-refractivity contribution in [3.8, 4) is 11.5 Å². The van der Waals surface area contributed by atoms with Gasteiger partial charge in [0.15, 0.2) is 0 Å². The van der Waals surface area contributed by atoms with Crippen molar-refractivity contribution in [1.82, 2.24) is 4.90 Å². The Morgan fingerprint density at radius 2 is 1.87 bits per heavy atom. The van der Waals surface area contributed by atoms with Crippen LogP contribution in [0.15, 0.2) is 48.5 Å². The molecule has 2 heterocycles. The van der Waals surface area contributed by atoms with Gasteiger partial charge in [0.25, 0.3) is 0 Å². The van der Waals surface area contributed by atoms with Gasteiger partial charge in [-0.2, -0.15) is 0 Å². The van der Waals surface area contributed by atoms with Crippen LogP contribution in [0.3, 0.4) is 0 Å². The first-order chi connectivity index (χ1) is 14.2. The molecule has 2 aliphatic heterocycles. The molecular formula is C21H19F3N2O4. The van der Waals surface area contributed by atoms with Gasteiger partial charge in [0, 0.05) is 13.3 Å². The molecule has 0 N–H and O–H groups in total. The van der Waals surface area contributed by atoms with E-state index in [0.717, 1.165) is 0 Å². The Bertz CT molecular complexity index is 961. The summed E-state index contributed by atoms with van der Waals surface area (Å²) in [4.78, 5) is 28.5. The third-order valence-corrected chi connectivity index (χ3v) is 5.17. The monoisotopic (exact) mass is 420 g/mol. The minimum Gasteiger partial charge on any atom is -0.486 e. The van der Waals surface area contributed by atoms with Gasteiger partial charge in [-0.3, -0.25) is 9.59 Å². The van der Waals surface area contributed by atoms with E-state index in [-0.39, 0.29) is 30.2 Å². The molecule has 2 unspecified atom stereocenters. The van der Waals surface area contributed by atoms with Crippen molar-refractivity contribution >= 4 is 17.5 Å². The molecule has 2 atom stereocenters. The number of alkyl halides is 3. The first-order valence-electron chi connectivity index (χ1n) is 9.40. The van der Waals surface area contributed by atoms with Gasteiger partial charge in [0.05, 0.1) is 18.8 Å². The Morgan fingerprint density at radius 1 is 1.17 bits per heavy atom. The fourth-order valence-corrected chi connectivity index (χ4v) is 3.87. The van der Waals surface area contributed by atoms with E-state index in [0.29, 0.717) is 30.0 Å². The van der Waals surface area contributed by atoms with Gasteiger partial charge >= 0.3 is 6.36 Å². The molecule has 2 aromatic rings. The molecule has 0 aromatic heterocycles. The highest BCUT2D eigenvalue weighted by molar-refractivity contribution is 6.00. The number of nitrogens with zero attached hydrogens (tertiary/aromatic N) is 2. The van der Waals surface area contributed by atoms with E-state index < -0.39 is 12.4 Å². The number of likely N-dealkylation sites (tertiary alicyclic amines) is 1. The first kappa shape index (κ1) is 20.1. The SMILES string of the molecule is CC(=O)N1CC2CC1C(=O)N(Cc1ccc(OC(F)(F)F)cc1)c1ccccc1O2. The summed E-state index contributed by atoms with van der Waals surface area (Å²) in [5, 5.41) is 0. The molecule has 4 rings (SSSR count). The van der Waals surface area contributed by atoms with Gasteiger partial charge in [0.2, 0.25) is 11.8 Å². The maximum atomic E-state index is 13.4. The van der Waals surface area contributed by atoms with Gasteiger partial charge < -0.3 is 19.3 Å². The van der Waals surface area contributed by atoms with Gasteiger partial charge in [-0.05, 0) is 29.8 Å². The number of halogens is 3. The summed E-state index contributed by atoms with van der Waals surface area (Å²) < 4.78 is 47.1. The van der Waals surface area contributed by atoms with E-state index in [2.05, 4.69) is 4.74 Å². The van der Waals surface area contributed by atoms with Gasteiger partial charge in [-0.15, -0.1) is 13.2 Å². The van der Waals surface area contributed by atoms with Crippen molar-refractivity contribution in [3.63, 3.8) is 0 Å². The molecule has 2 amide bonds. The molecular weight excluding hydrogens is 401 g/mol. The van der Waals surface area contributed by atoms with Crippen molar-refractivity contribution in [2.75, 3.05) is 11.4 Å². The molecule has 9 heteroatoms. The van der Waals surface area contributed by atoms with Crippen LogP contribution >= 0.6 is 0 Å². The number of hydrogen-bond acceptors (Lipinski definition) is 4. The van der Waals surface area contributed by atoms with E-state index in [1.165, 1.54) is 41.0 Å². The third kappa shape index (κ3) is 4.05. The summed E-state index contributed by atoms with van der Waals surface area (Å²) in [5.74, 6) is -0.273. The first-order valence-corrected chi connectivity index (χ1v) is 9.40. The maximum Gasteiger partial charge on any atom is 0.573 e. The van der Waals surface area contributed by atoms with Crippen LogP contribution in [0.1, 0.15) is 18.9 Å². The molecule has 158 valence electrons. The Kier molecular flexibility index (Phi) is 5.05. The summed E-state index contributed by atoms with van der Waals surface area (Å²) >= 11 is 0. The second kappa shape index (κ2) is 7.55. The number of carbonyl (C=O) groups is 2. The fraction of sp³-hybridized carbons (Fsp3) is 0.333. The van der Waals surface area contributed by atoms with Crippen LogP contribution < -0.4 is 14.4 Å². The smallest absolute Gasteiger partial charge is 0.486 e. The van der Waals surface area contributed by atoms with Crippen molar-refractivity contribution in [1.29, 1.82) is 0 Å². The van der Waals surface area contributed by atoms with E-state index in [1.54, 1.807) is 24.3 Å². The molecule has 30 heavy (non-hydrogen) atoms. The Labute approximate surface area is 170 Å². The fourth-order valence-electron chi connectivity index (χ4n) is 3.87. The van der Waals surface area contributed by atoms with Crippen molar-refractivity contribution in [2.24, 2.45) is 0 Å². The minimum absolute atomic E-state index is 0.110. The summed E-state index contributed by atoms with van der Waals surface area (Å²) in [7, 11) is 0. The highest BCUT2D eigenvalue weighted by Gasteiger charge is 2.44. The quantitative estimate of drug-likeness (QED) is 0.763. The summed E-state index contributed by atoms with van der Waals surface area (Å²) in [6, 6.07) is 11.8. The summed E-state index contributed by atoms with van der Waals surface area (Å²) in [5.41, 5.74) is 1.16. The van der Waals surface area contributed by atoms with E-state index in [9.17, 15) is 22.8 Å². The van der Waals surface area contributed by atoms with Crippen LogP contribution in [0.25, 0.3) is 0 Å². The molecule has 2 aromatic carbocycles. The minimum atomic E-state index is -4.77. The zero-order valence-electron chi connectivity index (χ0n) is 16.1. The van der Waals surface area contributed by atoms with Crippen LogP contribution in [0, 0.1) is 0 Å². The Morgan fingerprint density at radius 3 is 2.53 bits per heavy atom. The van der Waals surface area contributed by atoms with E-state index in [1.807, 2.05) is 0 Å². The maximum absolute atomic E-state index is 13.4. The van der Waals surface area contributed by atoms with Crippen LogP contribution in [0.4, 0.5) is 18.9 Å². The van der Waals surface area contributed by atoms with Crippen molar-refractivity contribution < 1.29 is 32.2 Å². The van der Waals surface area contributed by atoms with Crippen molar-refractivity contribution in [3.05, 3.63) is 54.1 Å². The van der Waals surface area contributed by atoms with Gasteiger partial charge in [-0.1, -0.05) is 24.3 Å². The predicted molar refractivity (Wildman–Crippen MR) is 101 cm³/mol. The lowest BCUT2D eigenvalue weighted by atomic mass is 10.1. The normalized spacial score (nSPS) is 20.9. The number of carbonyl (C=O) groups excluding carboxylic acids is 2. The standard InChI is InChI=1S/C21H19F3N2O4/c1-13(27)25-12-16-10-18(25)20(28)26(17-4-2-3-5-19(17)29-16)11-14-6-8-15(9-7-14)30-21(22,23)24/h2-9,16,18H,10-12H2,1H3. The number of amides is 2. The molecule has 1 saturated heterocycles. The predicted octanol–water partition coefficient (Wildman–Crippen LogP) is 3.50. The molecule has 0 spiro atoms. The highest BCUT2D eigenvalue weighted by atomic mass is 19.4. The third-order valence-electron chi connectivity index (χ3n) is 5.17. The van der Waals surface area contributed by atoms with Gasteiger partial charge in [0.1, 0.15) is 23.6 Å². The van der Waals surface area contributed by atoms with Crippen molar-refractivity contribution in [2.45, 2.75) is 38.4 Å². The lowest BCUT2D eigenvalue weighted by Crippen LogP contribution is -2.47. The second-order valence-corrected chi connectivity index (χ2v) is 7.25. The molecule has 0 aliphatic carbocycles. The van der Waals surface area contributed by atoms with Gasteiger partial charge in [-0.25, -0.2) is 0 Å². The summed E-state index contributed by atoms with van der Waals surface area (Å²) in [6.07, 6.45) is -4.65. The zero-order chi connectivity index (χ0) is 21.5. The molecule has 6 nitrogen and oxygen atoms in total. The number of ether oxygens (including phenoxy) is 2. The lowest BCUT2D eigenvalue weighted by Gasteiger charge is -2.31. The second-order valence-electron chi connectivity index (χ2n) is 7.25. The molecule has 2 aliphatic rings. The molecule has 0 radical (unpaired) electrons. The Balaban J connectivity index is 1.65. The number of para-hydroxylation sites is 2. The highest BCUT2D eigenvalue weighted by Crippen LogP contribution is 2.37. The van der Waals surface area contributed by atoms with E-state index >= 15 is 0 Å². The van der Waals surface area contributed by atoms with Crippen LogP contribution in [-0.2, 0) is 16.1 Å². The van der Waals surface area contributed by atoms with E-state index in [4.69, 9.17) is 4.74 Å². The molecule has 2 bridgehead atoms. The lowest BCUT2D eigenvalue weighted by molar-refractivity contribution is -0.274. The topological polar surface area (TPSA) is 59.1 Å². The number of rotatable bonds is 3. The molecule has 1 fully saturated rings. The van der Waals surface area contributed by atoms with Crippen LogP contribution in [-0.4, -0.2) is 41.8 Å². The number of anilines is 1. The Hall–Kier alpha value is -3.23. The average molecular weight is 420 g/mol. The largest absolute Gasteiger partial charge is 0.573 e. The average Bonchev–Trinajstić information content (AvgIpc) is 3.11. The number of hydrogen-bond donors (Lipinski definition) is 0. The summed E-state index contributed by atoms with van der Waals surface area (Å²) in [6.45, 7) is 1.85. The zero-order valence-corrected chi connectivity index (χ0v) is 16.1. The molecule has 0 saturated carbocycles.